The minimum atomic E-state index is -0.186. The molecule has 0 bridgehead atoms. The van der Waals surface area contributed by atoms with Gasteiger partial charge >= 0.3 is 0 Å². The van der Waals surface area contributed by atoms with Gasteiger partial charge in [0.2, 0.25) is 0 Å². The van der Waals surface area contributed by atoms with Gasteiger partial charge in [-0.05, 0) is 46.3 Å². The van der Waals surface area contributed by atoms with Gasteiger partial charge in [-0.15, -0.1) is 11.3 Å². The molecule has 3 aromatic carbocycles. The zero-order valence-corrected chi connectivity index (χ0v) is 17.8. The fourth-order valence-electron chi connectivity index (χ4n) is 4.95. The van der Waals surface area contributed by atoms with Crippen molar-refractivity contribution in [3.8, 4) is 0 Å². The summed E-state index contributed by atoms with van der Waals surface area (Å²) in [4.78, 5) is 14.9. The number of para-hydroxylation sites is 2. The number of carbonyl (C=O) groups is 1. The predicted octanol–water partition coefficient (Wildman–Crippen LogP) is 6.88. The van der Waals surface area contributed by atoms with Gasteiger partial charge in [-0.25, -0.2) is 0 Å². The van der Waals surface area contributed by atoms with Crippen molar-refractivity contribution in [2.75, 3.05) is 10.6 Å². The molecule has 2 N–H and O–H groups in total. The van der Waals surface area contributed by atoms with Gasteiger partial charge in [0.25, 0.3) is 0 Å². The van der Waals surface area contributed by atoms with Crippen molar-refractivity contribution in [2.24, 2.45) is 0 Å². The SMILES string of the molecule is O=C1C[C@H](c2cccs2)CC2=C1[C@H](c1cccc3ccccc13)Nc1ccccc1N2. The summed E-state index contributed by atoms with van der Waals surface area (Å²) in [6, 6.07) is 27.1. The first-order valence-corrected chi connectivity index (χ1v) is 11.6. The molecule has 0 saturated carbocycles. The Balaban J connectivity index is 1.54. The molecule has 1 aromatic heterocycles. The Bertz CT molecular complexity index is 1320. The van der Waals surface area contributed by atoms with Crippen LogP contribution in [0, 0.1) is 0 Å². The average molecular weight is 423 g/mol. The minimum absolute atomic E-state index is 0.186. The highest BCUT2D eigenvalue weighted by atomic mass is 32.1. The third kappa shape index (κ3) is 3.15. The number of thiophene rings is 1. The van der Waals surface area contributed by atoms with Crippen LogP contribution >= 0.6 is 11.3 Å². The fourth-order valence-corrected chi connectivity index (χ4v) is 5.78. The second kappa shape index (κ2) is 7.40. The molecule has 0 unspecified atom stereocenters. The van der Waals surface area contributed by atoms with Crippen LogP contribution in [0.15, 0.2) is 95.5 Å². The minimum Gasteiger partial charge on any atom is -0.372 e. The van der Waals surface area contributed by atoms with E-state index in [-0.39, 0.29) is 17.7 Å². The summed E-state index contributed by atoms with van der Waals surface area (Å²) in [6.45, 7) is 0. The molecule has 3 nitrogen and oxygen atoms in total. The quantitative estimate of drug-likeness (QED) is 0.370. The van der Waals surface area contributed by atoms with E-state index >= 15 is 0 Å². The lowest BCUT2D eigenvalue weighted by Crippen LogP contribution is -2.26. The first-order valence-electron chi connectivity index (χ1n) is 10.7. The first-order chi connectivity index (χ1) is 15.3. The number of fused-ring (bicyclic) bond motifs is 2. The second-order valence-corrected chi connectivity index (χ2v) is 9.23. The summed E-state index contributed by atoms with van der Waals surface area (Å²) in [5.41, 5.74) is 5.12. The summed E-state index contributed by atoms with van der Waals surface area (Å²) in [7, 11) is 0. The van der Waals surface area contributed by atoms with Gasteiger partial charge in [-0.2, -0.15) is 0 Å². The topological polar surface area (TPSA) is 41.1 Å². The maximum atomic E-state index is 13.6. The van der Waals surface area contributed by atoms with E-state index in [0.717, 1.165) is 34.6 Å². The molecule has 1 aliphatic carbocycles. The number of carbonyl (C=O) groups excluding carboxylic acids is 1. The molecule has 2 atom stereocenters. The lowest BCUT2D eigenvalue weighted by Gasteiger charge is -2.29. The average Bonchev–Trinajstić information content (AvgIpc) is 3.28. The van der Waals surface area contributed by atoms with E-state index in [9.17, 15) is 4.79 Å². The fraction of sp³-hybridized carbons (Fsp3) is 0.148. The van der Waals surface area contributed by atoms with Gasteiger partial charge in [-0.3, -0.25) is 4.79 Å². The Morgan fingerprint density at radius 2 is 1.61 bits per heavy atom. The van der Waals surface area contributed by atoms with Crippen LogP contribution in [-0.2, 0) is 4.79 Å². The van der Waals surface area contributed by atoms with Crippen LogP contribution in [0.2, 0.25) is 0 Å². The van der Waals surface area contributed by atoms with Crippen LogP contribution in [-0.4, -0.2) is 5.78 Å². The number of allylic oxidation sites excluding steroid dienone is 1. The van der Waals surface area contributed by atoms with Gasteiger partial charge in [0.1, 0.15) is 0 Å². The van der Waals surface area contributed by atoms with Crippen molar-refractivity contribution in [3.05, 3.63) is 106 Å². The molecule has 0 radical (unpaired) electrons. The molecule has 152 valence electrons. The van der Waals surface area contributed by atoms with Gasteiger partial charge in [0, 0.05) is 28.5 Å². The van der Waals surface area contributed by atoms with Crippen LogP contribution in [0.3, 0.4) is 0 Å². The van der Waals surface area contributed by atoms with Crippen molar-refractivity contribution in [1.29, 1.82) is 0 Å². The van der Waals surface area contributed by atoms with E-state index in [1.54, 1.807) is 11.3 Å². The van der Waals surface area contributed by atoms with Gasteiger partial charge < -0.3 is 10.6 Å². The normalized spacial score (nSPS) is 20.5. The maximum Gasteiger partial charge on any atom is 0.163 e. The number of benzene rings is 3. The monoisotopic (exact) mass is 422 g/mol. The van der Waals surface area contributed by atoms with Crippen molar-refractivity contribution in [3.63, 3.8) is 0 Å². The lowest BCUT2D eigenvalue weighted by atomic mass is 9.80. The molecule has 6 rings (SSSR count). The highest BCUT2D eigenvalue weighted by Crippen LogP contribution is 2.45. The Labute approximate surface area is 185 Å². The number of rotatable bonds is 2. The van der Waals surface area contributed by atoms with Gasteiger partial charge in [-0.1, -0.05) is 60.7 Å². The maximum absolute atomic E-state index is 13.6. The zero-order valence-electron chi connectivity index (χ0n) is 17.0. The summed E-state index contributed by atoms with van der Waals surface area (Å²) in [6.07, 6.45) is 1.40. The molecule has 0 saturated heterocycles. The van der Waals surface area contributed by atoms with Crippen LogP contribution in [0.1, 0.15) is 35.2 Å². The molecule has 31 heavy (non-hydrogen) atoms. The smallest absolute Gasteiger partial charge is 0.163 e. The zero-order chi connectivity index (χ0) is 20.8. The van der Waals surface area contributed by atoms with E-state index in [2.05, 4.69) is 82.7 Å². The molecule has 2 aliphatic rings. The largest absolute Gasteiger partial charge is 0.372 e. The second-order valence-electron chi connectivity index (χ2n) is 8.25. The van der Waals surface area contributed by atoms with E-state index in [0.29, 0.717) is 6.42 Å². The summed E-state index contributed by atoms with van der Waals surface area (Å²) >= 11 is 1.74. The molecule has 0 spiro atoms. The van der Waals surface area contributed by atoms with Crippen molar-refractivity contribution in [2.45, 2.75) is 24.8 Å². The molecular formula is C27H22N2OS. The van der Waals surface area contributed by atoms with Crippen LogP contribution in [0.4, 0.5) is 11.4 Å². The number of anilines is 2. The molecule has 0 amide bonds. The Morgan fingerprint density at radius 3 is 2.48 bits per heavy atom. The standard InChI is InChI=1S/C27H22N2OS/c30-24-16-18(25-13-6-14-31-25)15-23-26(24)27(29-22-12-4-3-11-21(22)28-23)20-10-5-8-17-7-1-2-9-19(17)20/h1-14,18,27-29H,15-16H2/t18-,27+/m1/s1. The lowest BCUT2D eigenvalue weighted by molar-refractivity contribution is -0.116. The molecule has 0 fully saturated rings. The molecular weight excluding hydrogens is 400 g/mol. The summed E-state index contributed by atoms with van der Waals surface area (Å²) < 4.78 is 0. The third-order valence-corrected chi connectivity index (χ3v) is 7.42. The first kappa shape index (κ1) is 18.4. The van der Waals surface area contributed by atoms with Crippen LogP contribution in [0.5, 0.6) is 0 Å². The van der Waals surface area contributed by atoms with Crippen LogP contribution in [0.25, 0.3) is 10.8 Å². The predicted molar refractivity (Wildman–Crippen MR) is 129 cm³/mol. The Morgan fingerprint density at radius 1 is 0.806 bits per heavy atom. The number of nitrogens with one attached hydrogen (secondary N) is 2. The summed E-state index contributed by atoms with van der Waals surface area (Å²) in [5.74, 6) is 0.461. The van der Waals surface area contributed by atoms with E-state index in [4.69, 9.17) is 0 Å². The molecule has 1 aliphatic heterocycles. The van der Waals surface area contributed by atoms with Crippen molar-refractivity contribution in [1.82, 2.24) is 0 Å². The van der Waals surface area contributed by atoms with Crippen molar-refractivity contribution < 1.29 is 4.79 Å². The summed E-state index contributed by atoms with van der Waals surface area (Å²) in [5, 5.41) is 11.8. The van der Waals surface area contributed by atoms with E-state index in [1.807, 2.05) is 12.1 Å². The van der Waals surface area contributed by atoms with Crippen molar-refractivity contribution >= 4 is 39.3 Å². The molecule has 4 aromatic rings. The molecule has 4 heteroatoms. The number of Topliss-reactive ketones (excluding diaryl/α,β-unsaturated/α-hetero) is 1. The van der Waals surface area contributed by atoms with Crippen LogP contribution < -0.4 is 10.6 Å². The van der Waals surface area contributed by atoms with E-state index < -0.39 is 0 Å². The Hall–Kier alpha value is -3.37. The Kier molecular flexibility index (Phi) is 4.39. The number of hydrogen-bond donors (Lipinski definition) is 2. The highest BCUT2D eigenvalue weighted by molar-refractivity contribution is 7.10. The van der Waals surface area contributed by atoms with Gasteiger partial charge in [0.15, 0.2) is 5.78 Å². The van der Waals surface area contributed by atoms with E-state index in [1.165, 1.54) is 15.6 Å². The number of hydrogen-bond acceptors (Lipinski definition) is 4. The third-order valence-electron chi connectivity index (χ3n) is 6.39. The number of ketones is 1. The van der Waals surface area contributed by atoms with Gasteiger partial charge in [0.05, 0.1) is 17.4 Å². The highest BCUT2D eigenvalue weighted by Gasteiger charge is 2.36. The molecule has 2 heterocycles.